The normalized spacial score (nSPS) is 12.2. The molecule has 0 saturated carbocycles. The van der Waals surface area contributed by atoms with Crippen molar-refractivity contribution in [3.63, 3.8) is 0 Å². The average Bonchev–Trinajstić information content (AvgIpc) is 2.89. The van der Waals surface area contributed by atoms with E-state index in [-0.39, 0.29) is 13.0 Å². The van der Waals surface area contributed by atoms with E-state index in [4.69, 9.17) is 11.2 Å². The highest BCUT2D eigenvalue weighted by Crippen LogP contribution is 2.42. The third-order valence-corrected chi connectivity index (χ3v) is 5.72. The summed E-state index contributed by atoms with van der Waals surface area (Å²) in [4.78, 5) is 15.3. The second-order valence-corrected chi connectivity index (χ2v) is 7.85. The lowest BCUT2D eigenvalue weighted by Gasteiger charge is -2.43. The summed E-state index contributed by atoms with van der Waals surface area (Å²) < 4.78 is 5.53. The first-order valence-corrected chi connectivity index (χ1v) is 11.0. The van der Waals surface area contributed by atoms with Gasteiger partial charge in [0, 0.05) is 17.8 Å². The molecule has 0 spiro atoms. The van der Waals surface area contributed by atoms with E-state index < -0.39 is 11.5 Å². The molecule has 0 saturated heterocycles. The van der Waals surface area contributed by atoms with Crippen LogP contribution in [0.4, 0.5) is 11.4 Å². The Hall–Kier alpha value is -4.49. The third kappa shape index (κ3) is 4.65. The first-order chi connectivity index (χ1) is 16.6. The third-order valence-electron chi connectivity index (χ3n) is 5.72. The monoisotopic (exact) mass is 447 g/mol. The molecule has 1 N–H and O–H groups in total. The summed E-state index contributed by atoms with van der Waals surface area (Å²) >= 11 is 0. The van der Waals surface area contributed by atoms with Crippen LogP contribution in [-0.4, -0.2) is 17.7 Å². The summed E-state index contributed by atoms with van der Waals surface area (Å²) in [5, 5.41) is 10.9. The summed E-state index contributed by atoms with van der Waals surface area (Å²) in [6, 6.07) is 36.1. The Bertz CT molecular complexity index is 1210. The van der Waals surface area contributed by atoms with Gasteiger partial charge in [0.1, 0.15) is 12.4 Å². The molecule has 0 radical (unpaired) electrons. The molecule has 0 aliphatic heterocycles. The molecule has 168 valence electrons. The fourth-order valence-corrected chi connectivity index (χ4v) is 4.19. The van der Waals surface area contributed by atoms with Crippen LogP contribution in [0.2, 0.25) is 0 Å². The zero-order chi connectivity index (χ0) is 23.8. The van der Waals surface area contributed by atoms with Crippen molar-refractivity contribution < 1.29 is 14.6 Å². The largest absolute Gasteiger partial charge is 0.481 e. The maximum absolute atomic E-state index is 13.4. The van der Waals surface area contributed by atoms with Crippen LogP contribution in [0, 0.1) is 12.3 Å². The number of anilines is 2. The van der Waals surface area contributed by atoms with Crippen LogP contribution >= 0.6 is 0 Å². The van der Waals surface area contributed by atoms with E-state index in [1.54, 1.807) is 12.1 Å². The SMILES string of the molecule is C#CCOc1ccc([C@](Cc2ccccc2)(C(=O)O)N(c2ccccc2)c2ccccc2)cc1. The number of hydrogen-bond donors (Lipinski definition) is 1. The highest BCUT2D eigenvalue weighted by atomic mass is 16.5. The quantitative estimate of drug-likeness (QED) is 0.317. The Morgan fingerprint density at radius 2 is 1.29 bits per heavy atom. The molecule has 4 heteroatoms. The summed E-state index contributed by atoms with van der Waals surface area (Å²) in [7, 11) is 0. The maximum Gasteiger partial charge on any atom is 0.334 e. The minimum absolute atomic E-state index is 0.146. The van der Waals surface area contributed by atoms with Crippen LogP contribution in [0.3, 0.4) is 0 Å². The highest BCUT2D eigenvalue weighted by Gasteiger charge is 2.47. The number of carboxylic acid groups (broad SMARTS) is 1. The van der Waals surface area contributed by atoms with E-state index in [9.17, 15) is 9.90 Å². The lowest BCUT2D eigenvalue weighted by atomic mass is 9.81. The number of hydrogen-bond acceptors (Lipinski definition) is 3. The summed E-state index contributed by atoms with van der Waals surface area (Å²) in [6.07, 6.45) is 5.56. The zero-order valence-electron chi connectivity index (χ0n) is 18.7. The van der Waals surface area contributed by atoms with Crippen molar-refractivity contribution in [3.8, 4) is 18.1 Å². The van der Waals surface area contributed by atoms with Gasteiger partial charge < -0.3 is 14.7 Å². The molecule has 1 atom stereocenters. The molecule has 4 aromatic rings. The first kappa shape index (κ1) is 22.7. The van der Waals surface area contributed by atoms with E-state index >= 15 is 0 Å². The number of aliphatic carboxylic acids is 1. The Balaban J connectivity index is 1.96. The molecule has 0 aliphatic rings. The summed E-state index contributed by atoms with van der Waals surface area (Å²) in [5.74, 6) is 2.08. The van der Waals surface area contributed by atoms with Crippen molar-refractivity contribution in [1.82, 2.24) is 0 Å². The molecule has 0 amide bonds. The number of benzene rings is 4. The van der Waals surface area contributed by atoms with Gasteiger partial charge in [-0.2, -0.15) is 0 Å². The van der Waals surface area contributed by atoms with Crippen molar-refractivity contribution in [2.24, 2.45) is 0 Å². The van der Waals surface area contributed by atoms with Crippen molar-refractivity contribution >= 4 is 17.3 Å². The molecule has 0 aromatic heterocycles. The first-order valence-electron chi connectivity index (χ1n) is 11.0. The van der Waals surface area contributed by atoms with Gasteiger partial charge in [0.15, 0.2) is 5.54 Å². The molecular weight excluding hydrogens is 422 g/mol. The van der Waals surface area contributed by atoms with Crippen molar-refractivity contribution in [1.29, 1.82) is 0 Å². The van der Waals surface area contributed by atoms with E-state index in [1.165, 1.54) is 0 Å². The van der Waals surface area contributed by atoms with Gasteiger partial charge in [0.25, 0.3) is 0 Å². The van der Waals surface area contributed by atoms with Crippen molar-refractivity contribution in [2.75, 3.05) is 11.5 Å². The fourth-order valence-electron chi connectivity index (χ4n) is 4.19. The summed E-state index contributed by atoms with van der Waals surface area (Å²) in [6.45, 7) is 0.146. The van der Waals surface area contributed by atoms with Gasteiger partial charge >= 0.3 is 5.97 Å². The van der Waals surface area contributed by atoms with Crippen LogP contribution in [0.1, 0.15) is 11.1 Å². The van der Waals surface area contributed by atoms with Gasteiger partial charge in [0.2, 0.25) is 0 Å². The van der Waals surface area contributed by atoms with Crippen LogP contribution in [0.5, 0.6) is 5.75 Å². The highest BCUT2D eigenvalue weighted by molar-refractivity contribution is 5.89. The number of rotatable bonds is 9. The van der Waals surface area contributed by atoms with Gasteiger partial charge in [-0.1, -0.05) is 84.8 Å². The van der Waals surface area contributed by atoms with E-state index in [0.717, 1.165) is 16.9 Å². The molecular formula is C30H25NO3. The second-order valence-electron chi connectivity index (χ2n) is 7.85. The van der Waals surface area contributed by atoms with E-state index in [1.807, 2.05) is 108 Å². The Labute approximate surface area is 200 Å². The second kappa shape index (κ2) is 10.4. The predicted molar refractivity (Wildman–Crippen MR) is 135 cm³/mol. The van der Waals surface area contributed by atoms with Gasteiger partial charge in [-0.15, -0.1) is 6.42 Å². The van der Waals surface area contributed by atoms with Crippen LogP contribution in [-0.2, 0) is 16.8 Å². The minimum Gasteiger partial charge on any atom is -0.481 e. The Morgan fingerprint density at radius 1 is 0.794 bits per heavy atom. The standard InChI is InChI=1S/C30H25NO3/c1-2-22-34-28-20-18-25(19-21-28)30(29(32)33,23-24-12-6-3-7-13-24)31(26-14-8-4-9-15-26)27-16-10-5-11-17-27/h1,3-21H,22-23H2,(H,32,33)/t30-/m1/s1. The number of carbonyl (C=O) groups is 1. The Morgan fingerprint density at radius 3 is 1.76 bits per heavy atom. The molecule has 4 aromatic carbocycles. The molecule has 0 bridgehead atoms. The molecule has 4 rings (SSSR count). The van der Waals surface area contributed by atoms with Gasteiger partial charge in [-0.3, -0.25) is 0 Å². The number of nitrogens with zero attached hydrogens (tertiary/aromatic N) is 1. The van der Waals surface area contributed by atoms with Gasteiger partial charge in [0.05, 0.1) is 0 Å². The lowest BCUT2D eigenvalue weighted by molar-refractivity contribution is -0.143. The number of carboxylic acids is 1. The average molecular weight is 448 g/mol. The fraction of sp³-hybridized carbons (Fsp3) is 0.100. The predicted octanol–water partition coefficient (Wildman–Crippen LogP) is 6.06. The van der Waals surface area contributed by atoms with E-state index in [0.29, 0.717) is 11.3 Å². The van der Waals surface area contributed by atoms with Crippen LogP contribution in [0.25, 0.3) is 0 Å². The van der Waals surface area contributed by atoms with Crippen LogP contribution < -0.4 is 9.64 Å². The topological polar surface area (TPSA) is 49.8 Å². The Kier molecular flexibility index (Phi) is 6.95. The molecule has 0 aliphatic carbocycles. The number of terminal acetylenes is 1. The zero-order valence-corrected chi connectivity index (χ0v) is 18.7. The van der Waals surface area contributed by atoms with Gasteiger partial charge in [-0.25, -0.2) is 4.79 Å². The molecule has 0 fully saturated rings. The van der Waals surface area contributed by atoms with E-state index in [2.05, 4.69) is 5.92 Å². The molecule has 34 heavy (non-hydrogen) atoms. The summed E-state index contributed by atoms with van der Waals surface area (Å²) in [5.41, 5.74) is 1.66. The van der Waals surface area contributed by atoms with Crippen molar-refractivity contribution in [3.05, 3.63) is 126 Å². The molecule has 0 heterocycles. The maximum atomic E-state index is 13.4. The molecule has 4 nitrogen and oxygen atoms in total. The number of ether oxygens (including phenoxy) is 1. The van der Waals surface area contributed by atoms with Crippen LogP contribution in [0.15, 0.2) is 115 Å². The minimum atomic E-state index is -1.44. The smallest absolute Gasteiger partial charge is 0.334 e. The molecule has 0 unspecified atom stereocenters. The lowest BCUT2D eigenvalue weighted by Crippen LogP contribution is -2.52. The van der Waals surface area contributed by atoms with Gasteiger partial charge in [-0.05, 0) is 47.5 Å². The number of para-hydroxylation sites is 2. The van der Waals surface area contributed by atoms with Crippen molar-refractivity contribution in [2.45, 2.75) is 12.0 Å².